The summed E-state index contributed by atoms with van der Waals surface area (Å²) in [6, 6.07) is 13.5. The van der Waals surface area contributed by atoms with Crippen LogP contribution < -0.4 is 11.1 Å². The number of carbonyl (C=O) groups excluding carboxylic acids is 1. The number of allylic oxidation sites excluding steroid dienone is 4. The average molecular weight is 339 g/mol. The fourth-order valence-corrected chi connectivity index (χ4v) is 2.89. The van der Waals surface area contributed by atoms with E-state index in [1.807, 2.05) is 0 Å². The fraction of sp³-hybridized carbons (Fsp3) is 0.150. The van der Waals surface area contributed by atoms with E-state index in [1.165, 1.54) is 11.1 Å². The summed E-state index contributed by atoms with van der Waals surface area (Å²) in [5, 5.41) is 3.74. The lowest BCUT2D eigenvalue weighted by atomic mass is 9.99. The summed E-state index contributed by atoms with van der Waals surface area (Å²) in [6.07, 6.45) is 8.86. The molecule has 1 aliphatic carbocycles. The van der Waals surface area contributed by atoms with E-state index in [1.54, 1.807) is 18.2 Å². The number of nitrogens with one attached hydrogen (secondary N) is 1. The van der Waals surface area contributed by atoms with Crippen molar-refractivity contribution in [2.75, 3.05) is 5.32 Å². The van der Waals surface area contributed by atoms with Crippen molar-refractivity contribution in [1.29, 1.82) is 0 Å². The molecule has 0 radical (unpaired) electrons. The SMILES string of the molecule is NC(=O)c1cc(Cl)ccc1NCc1ccc(C2=CCCC=C2)cc1. The number of amides is 1. The molecule has 0 saturated heterocycles. The van der Waals surface area contributed by atoms with Gasteiger partial charge in [0, 0.05) is 17.3 Å². The first-order chi connectivity index (χ1) is 11.6. The monoisotopic (exact) mass is 338 g/mol. The molecule has 0 atom stereocenters. The summed E-state index contributed by atoms with van der Waals surface area (Å²) in [5.41, 5.74) is 10.1. The van der Waals surface area contributed by atoms with E-state index in [4.69, 9.17) is 17.3 Å². The van der Waals surface area contributed by atoms with Crippen molar-refractivity contribution in [3.63, 3.8) is 0 Å². The van der Waals surface area contributed by atoms with Crippen LogP contribution in [0.1, 0.15) is 34.3 Å². The number of hydrogen-bond acceptors (Lipinski definition) is 2. The third-order valence-electron chi connectivity index (χ3n) is 4.01. The number of halogens is 1. The van der Waals surface area contributed by atoms with Crippen molar-refractivity contribution in [3.8, 4) is 0 Å². The predicted octanol–water partition coefficient (Wildman–Crippen LogP) is 4.78. The highest BCUT2D eigenvalue weighted by Crippen LogP contribution is 2.23. The molecule has 24 heavy (non-hydrogen) atoms. The van der Waals surface area contributed by atoms with Crippen molar-refractivity contribution in [2.24, 2.45) is 5.73 Å². The van der Waals surface area contributed by atoms with Crippen LogP contribution in [0, 0.1) is 0 Å². The van der Waals surface area contributed by atoms with E-state index in [0.29, 0.717) is 22.8 Å². The summed E-state index contributed by atoms with van der Waals surface area (Å²) in [5.74, 6) is -0.494. The number of nitrogens with two attached hydrogens (primary N) is 1. The molecule has 2 aromatic rings. The number of primary amides is 1. The lowest BCUT2D eigenvalue weighted by Gasteiger charge is -2.12. The first-order valence-electron chi connectivity index (χ1n) is 7.93. The van der Waals surface area contributed by atoms with Crippen molar-refractivity contribution in [1.82, 2.24) is 0 Å². The van der Waals surface area contributed by atoms with Gasteiger partial charge in [-0.1, -0.05) is 54.1 Å². The average Bonchev–Trinajstić information content (AvgIpc) is 2.62. The van der Waals surface area contributed by atoms with Crippen LogP contribution in [0.25, 0.3) is 5.57 Å². The van der Waals surface area contributed by atoms with Gasteiger partial charge in [0.05, 0.1) is 5.56 Å². The second-order valence-electron chi connectivity index (χ2n) is 5.74. The van der Waals surface area contributed by atoms with Crippen LogP contribution in [-0.2, 0) is 6.54 Å². The predicted molar refractivity (Wildman–Crippen MR) is 100 cm³/mol. The summed E-state index contributed by atoms with van der Waals surface area (Å²) >= 11 is 5.92. The van der Waals surface area contributed by atoms with Gasteiger partial charge in [-0.25, -0.2) is 0 Å². The van der Waals surface area contributed by atoms with Crippen LogP contribution in [0.4, 0.5) is 5.69 Å². The third-order valence-corrected chi connectivity index (χ3v) is 4.25. The van der Waals surface area contributed by atoms with Crippen molar-refractivity contribution < 1.29 is 4.79 Å². The van der Waals surface area contributed by atoms with Gasteiger partial charge in [-0.3, -0.25) is 4.79 Å². The van der Waals surface area contributed by atoms with Gasteiger partial charge in [-0.15, -0.1) is 0 Å². The highest BCUT2D eigenvalue weighted by atomic mass is 35.5. The molecule has 0 unspecified atom stereocenters. The van der Waals surface area contributed by atoms with Crippen molar-refractivity contribution in [3.05, 3.63) is 82.4 Å². The van der Waals surface area contributed by atoms with Crippen LogP contribution in [-0.4, -0.2) is 5.91 Å². The topological polar surface area (TPSA) is 55.1 Å². The zero-order valence-corrected chi connectivity index (χ0v) is 14.0. The van der Waals surface area contributed by atoms with Gasteiger partial charge in [-0.05, 0) is 47.7 Å². The third kappa shape index (κ3) is 3.87. The van der Waals surface area contributed by atoms with E-state index >= 15 is 0 Å². The molecule has 0 aliphatic heterocycles. The summed E-state index contributed by atoms with van der Waals surface area (Å²) < 4.78 is 0. The van der Waals surface area contributed by atoms with Gasteiger partial charge < -0.3 is 11.1 Å². The smallest absolute Gasteiger partial charge is 0.250 e. The summed E-state index contributed by atoms with van der Waals surface area (Å²) in [4.78, 5) is 11.5. The molecule has 0 heterocycles. The highest BCUT2D eigenvalue weighted by Gasteiger charge is 2.09. The van der Waals surface area contributed by atoms with E-state index < -0.39 is 5.91 Å². The molecule has 4 heteroatoms. The second kappa shape index (κ2) is 7.37. The molecule has 0 aromatic heterocycles. The van der Waals surface area contributed by atoms with Crippen LogP contribution in [0.5, 0.6) is 0 Å². The zero-order chi connectivity index (χ0) is 16.9. The molecular weight excluding hydrogens is 320 g/mol. The molecule has 3 nitrogen and oxygen atoms in total. The molecule has 0 saturated carbocycles. The fourth-order valence-electron chi connectivity index (χ4n) is 2.71. The maximum Gasteiger partial charge on any atom is 0.250 e. The van der Waals surface area contributed by atoms with Gasteiger partial charge in [0.25, 0.3) is 5.91 Å². The number of anilines is 1. The Labute approximate surface area is 146 Å². The van der Waals surface area contributed by atoms with Gasteiger partial charge in [0.1, 0.15) is 0 Å². The van der Waals surface area contributed by atoms with Gasteiger partial charge in [-0.2, -0.15) is 0 Å². The first-order valence-corrected chi connectivity index (χ1v) is 8.30. The Morgan fingerprint density at radius 1 is 1.12 bits per heavy atom. The highest BCUT2D eigenvalue weighted by molar-refractivity contribution is 6.31. The summed E-state index contributed by atoms with van der Waals surface area (Å²) in [7, 11) is 0. The molecule has 0 fully saturated rings. The molecule has 2 aromatic carbocycles. The Balaban J connectivity index is 1.70. The Morgan fingerprint density at radius 3 is 2.58 bits per heavy atom. The van der Waals surface area contributed by atoms with E-state index in [2.05, 4.69) is 47.8 Å². The molecule has 1 amide bonds. The van der Waals surface area contributed by atoms with E-state index in [0.717, 1.165) is 18.4 Å². The number of hydrogen-bond donors (Lipinski definition) is 2. The molecule has 3 rings (SSSR count). The second-order valence-corrected chi connectivity index (χ2v) is 6.18. The van der Waals surface area contributed by atoms with E-state index in [-0.39, 0.29) is 0 Å². The number of rotatable bonds is 5. The molecule has 122 valence electrons. The molecule has 1 aliphatic rings. The van der Waals surface area contributed by atoms with Crippen LogP contribution in [0.15, 0.2) is 60.7 Å². The molecule has 0 bridgehead atoms. The van der Waals surface area contributed by atoms with Gasteiger partial charge in [0.2, 0.25) is 0 Å². The Hall–Kier alpha value is -2.52. The van der Waals surface area contributed by atoms with Crippen molar-refractivity contribution in [2.45, 2.75) is 19.4 Å². The minimum absolute atomic E-state index is 0.400. The first kappa shape index (κ1) is 16.3. The minimum atomic E-state index is -0.494. The largest absolute Gasteiger partial charge is 0.380 e. The Kier molecular flexibility index (Phi) is 5.02. The normalized spacial score (nSPS) is 13.5. The van der Waals surface area contributed by atoms with Crippen molar-refractivity contribution >= 4 is 28.8 Å². The maximum atomic E-state index is 11.5. The van der Waals surface area contributed by atoms with Crippen LogP contribution >= 0.6 is 11.6 Å². The van der Waals surface area contributed by atoms with Crippen LogP contribution in [0.2, 0.25) is 5.02 Å². The minimum Gasteiger partial charge on any atom is -0.380 e. The number of benzene rings is 2. The number of carbonyl (C=O) groups is 1. The summed E-state index contributed by atoms with van der Waals surface area (Å²) in [6.45, 7) is 0.608. The quantitative estimate of drug-likeness (QED) is 0.824. The molecule has 0 spiro atoms. The molecule has 3 N–H and O–H groups in total. The zero-order valence-electron chi connectivity index (χ0n) is 13.3. The van der Waals surface area contributed by atoms with E-state index in [9.17, 15) is 4.79 Å². The molecular formula is C20H19ClN2O. The van der Waals surface area contributed by atoms with Crippen LogP contribution in [0.3, 0.4) is 0 Å². The lowest BCUT2D eigenvalue weighted by molar-refractivity contribution is 0.100. The Bertz CT molecular complexity index is 807. The standard InChI is InChI=1S/C20H19ClN2O/c21-17-10-11-19(18(12-17)20(22)24)23-13-14-6-8-16(9-7-14)15-4-2-1-3-5-15/h2,4-12,23H,1,3,13H2,(H2,22,24). The Morgan fingerprint density at radius 2 is 1.92 bits per heavy atom. The maximum absolute atomic E-state index is 11.5. The lowest BCUT2D eigenvalue weighted by Crippen LogP contribution is -2.14. The van der Waals surface area contributed by atoms with Gasteiger partial charge in [0.15, 0.2) is 0 Å². The van der Waals surface area contributed by atoms with Gasteiger partial charge >= 0.3 is 0 Å².